The number of para-hydroxylation sites is 1. The number of carbonyl (C=O) groups excluding carboxylic acids is 1. The fraction of sp³-hybridized carbons (Fsp3) is 0.136. The average molecular weight is 384 g/mol. The van der Waals surface area contributed by atoms with Crippen LogP contribution in [0.25, 0.3) is 10.9 Å². The maximum Gasteiger partial charge on any atom is 0.274 e. The zero-order valence-corrected chi connectivity index (χ0v) is 16.0. The van der Waals surface area contributed by atoms with Gasteiger partial charge in [-0.1, -0.05) is 18.2 Å². The standard InChI is InChI=1S/C22H20N6O/c1-28(15-10-16-7-12-23-13-8-16)22-25-14-9-19(27-22)21(29)26-18-6-2-4-17-5-3-11-24-20(17)18/h2-9,11-14H,10,15H2,1H3,(H,26,29). The summed E-state index contributed by atoms with van der Waals surface area (Å²) in [5.74, 6) is 0.206. The molecule has 0 aliphatic carbocycles. The van der Waals surface area contributed by atoms with Crippen molar-refractivity contribution in [2.75, 3.05) is 23.8 Å². The van der Waals surface area contributed by atoms with Gasteiger partial charge in [0, 0.05) is 43.8 Å². The van der Waals surface area contributed by atoms with Crippen molar-refractivity contribution in [2.45, 2.75) is 6.42 Å². The Morgan fingerprint density at radius 2 is 1.79 bits per heavy atom. The van der Waals surface area contributed by atoms with E-state index in [1.54, 1.807) is 30.9 Å². The molecule has 0 bridgehead atoms. The van der Waals surface area contributed by atoms with Crippen LogP contribution in [0.4, 0.5) is 11.6 Å². The average Bonchev–Trinajstić information content (AvgIpc) is 2.78. The van der Waals surface area contributed by atoms with Gasteiger partial charge in [0.1, 0.15) is 5.69 Å². The molecule has 0 radical (unpaired) electrons. The van der Waals surface area contributed by atoms with Gasteiger partial charge in [0.15, 0.2) is 0 Å². The minimum Gasteiger partial charge on any atom is -0.344 e. The van der Waals surface area contributed by atoms with Crippen molar-refractivity contribution >= 4 is 28.4 Å². The quantitative estimate of drug-likeness (QED) is 0.549. The topological polar surface area (TPSA) is 83.9 Å². The van der Waals surface area contributed by atoms with Crippen LogP contribution in [0.1, 0.15) is 16.1 Å². The number of likely N-dealkylation sites (N-methyl/N-ethyl adjacent to an activating group) is 1. The molecule has 0 aliphatic rings. The third-order valence-corrected chi connectivity index (χ3v) is 4.58. The largest absolute Gasteiger partial charge is 0.344 e. The SMILES string of the molecule is CN(CCc1ccncc1)c1nccc(C(=O)Nc2cccc3cccnc23)n1. The second-order valence-electron chi connectivity index (χ2n) is 6.60. The summed E-state index contributed by atoms with van der Waals surface area (Å²) in [6.07, 6.45) is 7.69. The normalized spacial score (nSPS) is 10.7. The zero-order valence-electron chi connectivity index (χ0n) is 16.0. The first-order valence-corrected chi connectivity index (χ1v) is 9.29. The number of anilines is 2. The van der Waals surface area contributed by atoms with Crippen LogP contribution in [0.15, 0.2) is 73.3 Å². The van der Waals surface area contributed by atoms with Crippen LogP contribution in [0, 0.1) is 0 Å². The Balaban J connectivity index is 1.48. The van der Waals surface area contributed by atoms with Crippen LogP contribution in [-0.4, -0.2) is 39.4 Å². The monoisotopic (exact) mass is 384 g/mol. The summed E-state index contributed by atoms with van der Waals surface area (Å²) in [5, 5.41) is 3.87. The van der Waals surface area contributed by atoms with Gasteiger partial charge in [-0.25, -0.2) is 9.97 Å². The molecule has 0 fully saturated rings. The summed E-state index contributed by atoms with van der Waals surface area (Å²) in [5.41, 5.74) is 2.88. The molecule has 3 heterocycles. The van der Waals surface area contributed by atoms with Crippen molar-refractivity contribution < 1.29 is 4.79 Å². The van der Waals surface area contributed by atoms with Crippen molar-refractivity contribution in [2.24, 2.45) is 0 Å². The van der Waals surface area contributed by atoms with E-state index in [9.17, 15) is 4.79 Å². The van der Waals surface area contributed by atoms with Gasteiger partial charge in [0.2, 0.25) is 5.95 Å². The highest BCUT2D eigenvalue weighted by Gasteiger charge is 2.13. The number of rotatable bonds is 6. The molecule has 1 amide bonds. The molecule has 7 heteroatoms. The predicted octanol–water partition coefficient (Wildman–Crippen LogP) is 3.35. The Labute approximate surface area is 168 Å². The van der Waals surface area contributed by atoms with Gasteiger partial charge in [0.25, 0.3) is 5.91 Å². The third-order valence-electron chi connectivity index (χ3n) is 4.58. The summed E-state index contributed by atoms with van der Waals surface area (Å²) < 4.78 is 0. The number of amides is 1. The van der Waals surface area contributed by atoms with E-state index in [4.69, 9.17) is 0 Å². The van der Waals surface area contributed by atoms with Gasteiger partial charge in [-0.05, 0) is 42.3 Å². The fourth-order valence-corrected chi connectivity index (χ4v) is 3.00. The van der Waals surface area contributed by atoms with E-state index in [1.165, 1.54) is 5.56 Å². The Hall–Kier alpha value is -3.87. The second kappa shape index (κ2) is 8.43. The van der Waals surface area contributed by atoms with Crippen LogP contribution < -0.4 is 10.2 Å². The molecule has 0 saturated heterocycles. The van der Waals surface area contributed by atoms with E-state index in [0.717, 1.165) is 23.9 Å². The fourth-order valence-electron chi connectivity index (χ4n) is 3.00. The van der Waals surface area contributed by atoms with Crippen molar-refractivity contribution in [3.05, 3.63) is 84.6 Å². The number of carbonyl (C=O) groups is 1. The molecular formula is C22H20N6O. The first kappa shape index (κ1) is 18.5. The first-order chi connectivity index (χ1) is 14.2. The number of hydrogen-bond acceptors (Lipinski definition) is 6. The molecule has 0 aliphatic heterocycles. The van der Waals surface area contributed by atoms with Gasteiger partial charge in [-0.2, -0.15) is 0 Å². The molecule has 3 aromatic heterocycles. The second-order valence-corrected chi connectivity index (χ2v) is 6.60. The van der Waals surface area contributed by atoms with E-state index >= 15 is 0 Å². The minimum absolute atomic E-state index is 0.297. The van der Waals surface area contributed by atoms with E-state index in [2.05, 4.69) is 25.3 Å². The van der Waals surface area contributed by atoms with Crippen molar-refractivity contribution in [3.63, 3.8) is 0 Å². The van der Waals surface area contributed by atoms with Gasteiger partial charge < -0.3 is 10.2 Å². The summed E-state index contributed by atoms with van der Waals surface area (Å²) in [4.78, 5) is 31.8. The molecule has 1 aromatic carbocycles. The number of fused-ring (bicyclic) bond motifs is 1. The number of aromatic nitrogens is 4. The molecule has 4 rings (SSSR count). The molecule has 7 nitrogen and oxygen atoms in total. The van der Waals surface area contributed by atoms with Gasteiger partial charge in [-0.3, -0.25) is 14.8 Å². The van der Waals surface area contributed by atoms with Crippen LogP contribution in [0.5, 0.6) is 0 Å². The van der Waals surface area contributed by atoms with E-state index in [1.807, 2.05) is 54.4 Å². The molecule has 0 atom stereocenters. The molecule has 0 spiro atoms. The van der Waals surface area contributed by atoms with Gasteiger partial charge >= 0.3 is 0 Å². The molecule has 144 valence electrons. The maximum atomic E-state index is 12.8. The number of hydrogen-bond donors (Lipinski definition) is 1. The predicted molar refractivity (Wildman–Crippen MR) is 113 cm³/mol. The lowest BCUT2D eigenvalue weighted by atomic mass is 10.2. The van der Waals surface area contributed by atoms with Crippen molar-refractivity contribution in [3.8, 4) is 0 Å². The highest BCUT2D eigenvalue weighted by molar-refractivity contribution is 6.07. The number of nitrogens with one attached hydrogen (secondary N) is 1. The van der Waals surface area contributed by atoms with E-state index < -0.39 is 0 Å². The lowest BCUT2D eigenvalue weighted by molar-refractivity contribution is 0.102. The lowest BCUT2D eigenvalue weighted by Crippen LogP contribution is -2.24. The van der Waals surface area contributed by atoms with Crippen LogP contribution >= 0.6 is 0 Å². The van der Waals surface area contributed by atoms with E-state index in [0.29, 0.717) is 17.3 Å². The molecular weight excluding hydrogens is 364 g/mol. The van der Waals surface area contributed by atoms with Crippen LogP contribution in [0.2, 0.25) is 0 Å². The summed E-state index contributed by atoms with van der Waals surface area (Å²) >= 11 is 0. The van der Waals surface area contributed by atoms with Gasteiger partial charge in [-0.15, -0.1) is 0 Å². The first-order valence-electron chi connectivity index (χ1n) is 9.29. The maximum absolute atomic E-state index is 12.8. The third kappa shape index (κ3) is 4.35. The Bertz CT molecular complexity index is 1130. The summed E-state index contributed by atoms with van der Waals surface area (Å²) in [7, 11) is 1.91. The highest BCUT2D eigenvalue weighted by atomic mass is 16.1. The molecule has 0 unspecified atom stereocenters. The van der Waals surface area contributed by atoms with E-state index in [-0.39, 0.29) is 5.91 Å². The summed E-state index contributed by atoms with van der Waals surface area (Å²) in [6, 6.07) is 15.1. The number of nitrogens with zero attached hydrogens (tertiary/aromatic N) is 5. The van der Waals surface area contributed by atoms with Crippen LogP contribution in [-0.2, 0) is 6.42 Å². The Morgan fingerprint density at radius 3 is 2.66 bits per heavy atom. The number of benzene rings is 1. The van der Waals surface area contributed by atoms with Gasteiger partial charge in [0.05, 0.1) is 11.2 Å². The molecule has 0 saturated carbocycles. The highest BCUT2D eigenvalue weighted by Crippen LogP contribution is 2.21. The Morgan fingerprint density at radius 1 is 0.966 bits per heavy atom. The van der Waals surface area contributed by atoms with Crippen molar-refractivity contribution in [1.29, 1.82) is 0 Å². The molecule has 29 heavy (non-hydrogen) atoms. The molecule has 4 aromatic rings. The minimum atomic E-state index is -0.297. The smallest absolute Gasteiger partial charge is 0.274 e. The molecule has 1 N–H and O–H groups in total. The summed E-state index contributed by atoms with van der Waals surface area (Å²) in [6.45, 7) is 0.725. The van der Waals surface area contributed by atoms with Crippen molar-refractivity contribution in [1.82, 2.24) is 19.9 Å². The number of pyridine rings is 2. The Kier molecular flexibility index (Phi) is 5.38. The lowest BCUT2D eigenvalue weighted by Gasteiger charge is -2.17. The van der Waals surface area contributed by atoms with Crippen LogP contribution in [0.3, 0.4) is 0 Å². The zero-order chi connectivity index (χ0) is 20.1.